The van der Waals surface area contributed by atoms with Crippen molar-refractivity contribution in [1.82, 2.24) is 14.8 Å². The number of hydrogen-bond donors (Lipinski definition) is 1. The van der Waals surface area contributed by atoms with Gasteiger partial charge in [0.15, 0.2) is 17.3 Å². The molecule has 0 atom stereocenters. The first kappa shape index (κ1) is 14.3. The molecule has 0 radical (unpaired) electrons. The van der Waals surface area contributed by atoms with Crippen LogP contribution in [-0.4, -0.2) is 27.0 Å². The maximum Gasteiger partial charge on any atom is 0.167 e. The largest absolute Gasteiger partial charge is 0.493 e. The summed E-state index contributed by atoms with van der Waals surface area (Å²) in [6.07, 6.45) is 2.50. The van der Waals surface area contributed by atoms with Gasteiger partial charge in [0.1, 0.15) is 12.9 Å². The number of benzene rings is 1. The van der Waals surface area contributed by atoms with Gasteiger partial charge in [-0.1, -0.05) is 19.1 Å². The summed E-state index contributed by atoms with van der Waals surface area (Å²) in [6.45, 7) is 3.06. The quantitative estimate of drug-likeness (QED) is 0.835. The number of aryl methyl sites for hydroxylation is 1. The summed E-state index contributed by atoms with van der Waals surface area (Å²) in [6, 6.07) is 5.41. The van der Waals surface area contributed by atoms with Gasteiger partial charge < -0.3 is 14.6 Å². The molecule has 0 aliphatic heterocycles. The minimum atomic E-state index is -0.103. The second kappa shape index (κ2) is 6.91. The van der Waals surface area contributed by atoms with Gasteiger partial charge in [-0.15, -0.1) is 0 Å². The van der Waals surface area contributed by atoms with Gasteiger partial charge in [-0.25, -0.2) is 9.67 Å². The first-order valence-corrected chi connectivity index (χ1v) is 6.56. The number of aliphatic hydroxyl groups is 1. The van der Waals surface area contributed by atoms with E-state index >= 15 is 0 Å². The predicted molar refractivity (Wildman–Crippen MR) is 73.6 cm³/mol. The van der Waals surface area contributed by atoms with E-state index in [9.17, 15) is 5.11 Å². The summed E-state index contributed by atoms with van der Waals surface area (Å²) in [4.78, 5) is 4.18. The molecule has 6 heteroatoms. The molecule has 20 heavy (non-hydrogen) atoms. The summed E-state index contributed by atoms with van der Waals surface area (Å²) in [7, 11) is 1.57. The van der Waals surface area contributed by atoms with E-state index in [1.807, 2.05) is 10.7 Å². The number of aromatic nitrogens is 3. The van der Waals surface area contributed by atoms with E-state index in [1.54, 1.807) is 19.2 Å². The highest BCUT2D eigenvalue weighted by Gasteiger charge is 2.12. The first-order chi connectivity index (χ1) is 9.80. The molecule has 0 unspecified atom stereocenters. The Morgan fingerprint density at radius 2 is 2.20 bits per heavy atom. The van der Waals surface area contributed by atoms with Crippen molar-refractivity contribution in [2.24, 2.45) is 0 Å². The van der Waals surface area contributed by atoms with Gasteiger partial charge in [0.05, 0.1) is 13.7 Å². The number of para-hydroxylation sites is 1. The van der Waals surface area contributed by atoms with E-state index in [1.165, 1.54) is 6.33 Å². The number of methoxy groups -OCH3 is 1. The Bertz CT molecular complexity index is 532. The molecule has 0 amide bonds. The van der Waals surface area contributed by atoms with Crippen LogP contribution in [0.25, 0.3) is 0 Å². The predicted octanol–water partition coefficient (Wildman–Crippen LogP) is 1.77. The summed E-state index contributed by atoms with van der Waals surface area (Å²) < 4.78 is 12.8. The normalized spacial score (nSPS) is 10.6. The van der Waals surface area contributed by atoms with Crippen LogP contribution in [0.4, 0.5) is 0 Å². The second-order valence-corrected chi connectivity index (χ2v) is 4.29. The molecule has 0 saturated heterocycles. The zero-order chi connectivity index (χ0) is 14.4. The van der Waals surface area contributed by atoms with Gasteiger partial charge in [-0.3, -0.25) is 0 Å². The van der Waals surface area contributed by atoms with E-state index in [4.69, 9.17) is 9.47 Å². The highest BCUT2D eigenvalue weighted by molar-refractivity contribution is 5.46. The van der Waals surface area contributed by atoms with Crippen LogP contribution in [0.15, 0.2) is 24.5 Å². The van der Waals surface area contributed by atoms with E-state index in [0.29, 0.717) is 17.1 Å². The number of aliphatic hydroxyl groups excluding tert-OH is 1. The van der Waals surface area contributed by atoms with Crippen molar-refractivity contribution in [3.63, 3.8) is 0 Å². The van der Waals surface area contributed by atoms with Gasteiger partial charge in [-0.05, 0) is 12.5 Å². The lowest BCUT2D eigenvalue weighted by atomic mass is 10.2. The van der Waals surface area contributed by atoms with Crippen molar-refractivity contribution in [3.8, 4) is 11.5 Å². The third-order valence-corrected chi connectivity index (χ3v) is 2.93. The van der Waals surface area contributed by atoms with E-state index in [2.05, 4.69) is 17.0 Å². The van der Waals surface area contributed by atoms with Crippen LogP contribution < -0.4 is 9.47 Å². The Labute approximate surface area is 118 Å². The SMILES string of the molecule is CCCn1ncnc1COc1c(CO)cccc1OC. The smallest absolute Gasteiger partial charge is 0.167 e. The monoisotopic (exact) mass is 277 g/mol. The van der Waals surface area contributed by atoms with E-state index in [-0.39, 0.29) is 13.2 Å². The molecule has 1 N–H and O–H groups in total. The van der Waals surface area contributed by atoms with Crippen molar-refractivity contribution in [1.29, 1.82) is 0 Å². The third kappa shape index (κ3) is 3.08. The third-order valence-electron chi connectivity index (χ3n) is 2.93. The molecule has 0 saturated carbocycles. The fourth-order valence-electron chi connectivity index (χ4n) is 1.95. The fraction of sp³-hybridized carbons (Fsp3) is 0.429. The fourth-order valence-corrected chi connectivity index (χ4v) is 1.95. The minimum absolute atomic E-state index is 0.103. The molecule has 1 aromatic carbocycles. The summed E-state index contributed by atoms with van der Waals surface area (Å²) in [5.41, 5.74) is 0.686. The van der Waals surface area contributed by atoms with Crippen molar-refractivity contribution in [2.45, 2.75) is 33.1 Å². The van der Waals surface area contributed by atoms with Crippen molar-refractivity contribution >= 4 is 0 Å². The van der Waals surface area contributed by atoms with Crippen LogP contribution in [0.5, 0.6) is 11.5 Å². The molecular weight excluding hydrogens is 258 g/mol. The maximum absolute atomic E-state index is 9.37. The topological polar surface area (TPSA) is 69.4 Å². The standard InChI is InChI=1S/C14H19N3O3/c1-3-7-17-13(15-10-16-17)9-20-14-11(8-18)5-4-6-12(14)19-2/h4-6,10,18H,3,7-9H2,1-2H3. The molecule has 2 rings (SSSR count). The molecule has 1 aromatic heterocycles. The van der Waals surface area contributed by atoms with E-state index in [0.717, 1.165) is 18.8 Å². The highest BCUT2D eigenvalue weighted by atomic mass is 16.5. The van der Waals surface area contributed by atoms with Crippen LogP contribution in [0.1, 0.15) is 24.7 Å². The van der Waals surface area contributed by atoms with Gasteiger partial charge in [-0.2, -0.15) is 5.10 Å². The Balaban J connectivity index is 2.16. The Morgan fingerprint density at radius 3 is 2.90 bits per heavy atom. The lowest BCUT2D eigenvalue weighted by molar-refractivity contribution is 0.242. The molecule has 6 nitrogen and oxygen atoms in total. The Morgan fingerprint density at radius 1 is 1.35 bits per heavy atom. The van der Waals surface area contributed by atoms with Crippen LogP contribution >= 0.6 is 0 Å². The average molecular weight is 277 g/mol. The number of ether oxygens (including phenoxy) is 2. The number of nitrogens with zero attached hydrogens (tertiary/aromatic N) is 3. The van der Waals surface area contributed by atoms with Gasteiger partial charge in [0, 0.05) is 12.1 Å². The average Bonchev–Trinajstić information content (AvgIpc) is 2.92. The molecule has 0 bridgehead atoms. The summed E-state index contributed by atoms with van der Waals surface area (Å²) >= 11 is 0. The highest BCUT2D eigenvalue weighted by Crippen LogP contribution is 2.31. The van der Waals surface area contributed by atoms with Crippen LogP contribution in [0, 0.1) is 0 Å². The van der Waals surface area contributed by atoms with E-state index < -0.39 is 0 Å². The lowest BCUT2D eigenvalue weighted by Crippen LogP contribution is -2.09. The Hall–Kier alpha value is -2.08. The van der Waals surface area contributed by atoms with Crippen molar-refractivity contribution in [3.05, 3.63) is 35.9 Å². The molecule has 0 aliphatic carbocycles. The van der Waals surface area contributed by atoms with Gasteiger partial charge >= 0.3 is 0 Å². The summed E-state index contributed by atoms with van der Waals surface area (Å²) in [5, 5.41) is 13.5. The molecule has 0 spiro atoms. The maximum atomic E-state index is 9.37. The van der Waals surface area contributed by atoms with Crippen LogP contribution in [0.3, 0.4) is 0 Å². The molecule has 0 aliphatic rings. The van der Waals surface area contributed by atoms with Gasteiger partial charge in [0.25, 0.3) is 0 Å². The van der Waals surface area contributed by atoms with Crippen molar-refractivity contribution < 1.29 is 14.6 Å². The summed E-state index contributed by atoms with van der Waals surface area (Å²) in [5.74, 6) is 1.89. The van der Waals surface area contributed by atoms with Crippen LogP contribution in [-0.2, 0) is 19.8 Å². The molecule has 108 valence electrons. The molecule has 1 heterocycles. The second-order valence-electron chi connectivity index (χ2n) is 4.29. The first-order valence-electron chi connectivity index (χ1n) is 6.56. The minimum Gasteiger partial charge on any atom is -0.493 e. The zero-order valence-corrected chi connectivity index (χ0v) is 11.7. The van der Waals surface area contributed by atoms with Gasteiger partial charge in [0.2, 0.25) is 0 Å². The Kier molecular flexibility index (Phi) is 4.95. The van der Waals surface area contributed by atoms with Crippen molar-refractivity contribution in [2.75, 3.05) is 7.11 Å². The van der Waals surface area contributed by atoms with Crippen LogP contribution in [0.2, 0.25) is 0 Å². The number of hydrogen-bond acceptors (Lipinski definition) is 5. The lowest BCUT2D eigenvalue weighted by Gasteiger charge is -2.14. The molecule has 0 fully saturated rings. The molecule has 2 aromatic rings. The number of rotatable bonds is 7. The zero-order valence-electron chi connectivity index (χ0n) is 11.7. The molecular formula is C14H19N3O3.